The van der Waals surface area contributed by atoms with Crippen molar-refractivity contribution >= 4 is 23.4 Å². The molecule has 0 unspecified atom stereocenters. The maximum Gasteiger partial charge on any atom is 0.251 e. The van der Waals surface area contributed by atoms with E-state index in [1.54, 1.807) is 23.9 Å². The molecule has 0 heterocycles. The van der Waals surface area contributed by atoms with Crippen molar-refractivity contribution < 1.29 is 9.18 Å². The second kappa shape index (κ2) is 8.58. The normalized spacial score (nSPS) is 10.4. The fourth-order valence-electron chi connectivity index (χ4n) is 2.05. The van der Waals surface area contributed by atoms with Gasteiger partial charge in [-0.05, 0) is 35.9 Å². The van der Waals surface area contributed by atoms with Gasteiger partial charge in [0.1, 0.15) is 5.82 Å². The van der Waals surface area contributed by atoms with Crippen molar-refractivity contribution in [3.63, 3.8) is 0 Å². The van der Waals surface area contributed by atoms with Gasteiger partial charge in [-0.15, -0.1) is 0 Å². The highest BCUT2D eigenvalue weighted by Gasteiger charge is 2.05. The minimum Gasteiger partial charge on any atom is -0.378 e. The first-order chi connectivity index (χ1) is 11.1. The van der Waals surface area contributed by atoms with Crippen LogP contribution in [0.15, 0.2) is 48.5 Å². The Labute approximate surface area is 140 Å². The molecule has 5 heteroatoms. The Hall–Kier alpha value is -2.01. The number of hydrogen-bond acceptors (Lipinski definition) is 3. The molecular formula is C18H21FN2OS. The van der Waals surface area contributed by atoms with Crippen molar-refractivity contribution in [3.8, 4) is 0 Å². The van der Waals surface area contributed by atoms with Crippen LogP contribution in [0.5, 0.6) is 0 Å². The lowest BCUT2D eigenvalue weighted by Crippen LogP contribution is -2.25. The number of nitrogens with zero attached hydrogens (tertiary/aromatic N) is 1. The zero-order valence-corrected chi connectivity index (χ0v) is 14.2. The third-order valence-electron chi connectivity index (χ3n) is 3.39. The molecule has 0 fully saturated rings. The standard InChI is InChI=1S/C18H21FN2OS/c1-21(2)16-9-7-14(8-10-16)18(22)20-11-12-23-13-15-5-3-4-6-17(15)19/h3-10H,11-13H2,1-2H3,(H,20,22). The molecule has 2 rings (SSSR count). The first-order valence-corrected chi connectivity index (χ1v) is 8.60. The number of amides is 1. The number of benzene rings is 2. The summed E-state index contributed by atoms with van der Waals surface area (Å²) in [6.45, 7) is 0.563. The molecule has 2 aromatic rings. The fraction of sp³-hybridized carbons (Fsp3) is 0.278. The first kappa shape index (κ1) is 17.3. The molecule has 0 aliphatic carbocycles. The van der Waals surface area contributed by atoms with Crippen LogP contribution >= 0.6 is 11.8 Å². The number of carbonyl (C=O) groups excluding carboxylic acids is 1. The number of halogens is 1. The Kier molecular flexibility index (Phi) is 6.47. The number of anilines is 1. The number of carbonyl (C=O) groups is 1. The summed E-state index contributed by atoms with van der Waals surface area (Å²) < 4.78 is 13.5. The van der Waals surface area contributed by atoms with E-state index in [1.807, 2.05) is 49.3 Å². The van der Waals surface area contributed by atoms with Crippen LogP contribution in [0.1, 0.15) is 15.9 Å². The highest BCUT2D eigenvalue weighted by molar-refractivity contribution is 7.98. The fourth-order valence-corrected chi connectivity index (χ4v) is 2.89. The van der Waals surface area contributed by atoms with Crippen LogP contribution in [0.4, 0.5) is 10.1 Å². The summed E-state index contributed by atoms with van der Waals surface area (Å²) >= 11 is 1.60. The van der Waals surface area contributed by atoms with Crippen molar-refractivity contribution in [1.29, 1.82) is 0 Å². The zero-order chi connectivity index (χ0) is 16.7. The summed E-state index contributed by atoms with van der Waals surface area (Å²) in [4.78, 5) is 14.0. The summed E-state index contributed by atoms with van der Waals surface area (Å²) in [6.07, 6.45) is 0. The van der Waals surface area contributed by atoms with Crippen molar-refractivity contribution in [1.82, 2.24) is 5.32 Å². The van der Waals surface area contributed by atoms with Crippen molar-refractivity contribution in [2.75, 3.05) is 31.3 Å². The van der Waals surface area contributed by atoms with Gasteiger partial charge in [-0.1, -0.05) is 18.2 Å². The van der Waals surface area contributed by atoms with Gasteiger partial charge in [0.15, 0.2) is 0 Å². The Morgan fingerprint density at radius 3 is 2.48 bits per heavy atom. The second-order valence-electron chi connectivity index (χ2n) is 5.34. The maximum atomic E-state index is 13.5. The van der Waals surface area contributed by atoms with Crippen molar-refractivity contribution in [2.24, 2.45) is 0 Å². The minimum absolute atomic E-state index is 0.0817. The highest BCUT2D eigenvalue weighted by atomic mass is 32.2. The number of nitrogens with one attached hydrogen (secondary N) is 1. The van der Waals surface area contributed by atoms with Crippen LogP contribution < -0.4 is 10.2 Å². The summed E-state index contributed by atoms with van der Waals surface area (Å²) in [5.74, 6) is 1.10. The molecule has 0 saturated carbocycles. The molecule has 0 atom stereocenters. The van der Waals surface area contributed by atoms with Gasteiger partial charge in [0.25, 0.3) is 5.91 Å². The van der Waals surface area contributed by atoms with Gasteiger partial charge >= 0.3 is 0 Å². The van der Waals surface area contributed by atoms with Gasteiger partial charge < -0.3 is 10.2 Å². The lowest BCUT2D eigenvalue weighted by Gasteiger charge is -2.12. The van der Waals surface area contributed by atoms with E-state index in [0.717, 1.165) is 11.4 Å². The Bertz CT molecular complexity index is 644. The molecule has 0 bridgehead atoms. The molecule has 23 heavy (non-hydrogen) atoms. The van der Waals surface area contributed by atoms with E-state index in [0.29, 0.717) is 23.4 Å². The average molecular weight is 332 g/mol. The average Bonchev–Trinajstić information content (AvgIpc) is 2.56. The summed E-state index contributed by atoms with van der Waals surface area (Å²) in [6, 6.07) is 14.2. The van der Waals surface area contributed by atoms with Crippen LogP contribution in [-0.2, 0) is 5.75 Å². The Morgan fingerprint density at radius 2 is 1.83 bits per heavy atom. The summed E-state index contributed by atoms with van der Waals surface area (Å²) in [5, 5.41) is 2.88. The van der Waals surface area contributed by atoms with E-state index in [4.69, 9.17) is 0 Å². The summed E-state index contributed by atoms with van der Waals surface area (Å²) in [7, 11) is 3.92. The molecule has 2 aromatic carbocycles. The topological polar surface area (TPSA) is 32.3 Å². The summed E-state index contributed by atoms with van der Waals surface area (Å²) in [5.41, 5.74) is 2.40. The zero-order valence-electron chi connectivity index (χ0n) is 13.4. The van der Waals surface area contributed by atoms with Gasteiger partial charge in [0.2, 0.25) is 0 Å². The third kappa shape index (κ3) is 5.28. The van der Waals surface area contributed by atoms with E-state index in [9.17, 15) is 9.18 Å². The van der Waals surface area contributed by atoms with Crippen LogP contribution in [0.3, 0.4) is 0 Å². The van der Waals surface area contributed by atoms with Crippen molar-refractivity contribution in [3.05, 3.63) is 65.5 Å². The van der Waals surface area contributed by atoms with E-state index in [-0.39, 0.29) is 11.7 Å². The van der Waals surface area contributed by atoms with Crippen molar-refractivity contribution in [2.45, 2.75) is 5.75 Å². The van der Waals surface area contributed by atoms with Gasteiger partial charge in [0, 0.05) is 43.4 Å². The van der Waals surface area contributed by atoms with E-state index >= 15 is 0 Å². The van der Waals surface area contributed by atoms with E-state index in [2.05, 4.69) is 5.32 Å². The molecule has 0 spiro atoms. The lowest BCUT2D eigenvalue weighted by atomic mass is 10.2. The Balaban J connectivity index is 1.71. The Morgan fingerprint density at radius 1 is 1.13 bits per heavy atom. The van der Waals surface area contributed by atoms with Gasteiger partial charge in [-0.3, -0.25) is 4.79 Å². The van der Waals surface area contributed by atoms with Gasteiger partial charge in [0.05, 0.1) is 0 Å². The van der Waals surface area contributed by atoms with E-state index in [1.165, 1.54) is 6.07 Å². The second-order valence-corrected chi connectivity index (χ2v) is 6.45. The number of hydrogen-bond donors (Lipinski definition) is 1. The van der Waals surface area contributed by atoms with Crippen LogP contribution in [-0.4, -0.2) is 32.3 Å². The third-order valence-corrected chi connectivity index (χ3v) is 4.40. The smallest absolute Gasteiger partial charge is 0.251 e. The molecule has 0 aromatic heterocycles. The minimum atomic E-state index is -0.176. The number of rotatable bonds is 7. The maximum absolute atomic E-state index is 13.5. The molecule has 122 valence electrons. The predicted octanol–water partition coefficient (Wildman–Crippen LogP) is 3.55. The van der Waals surface area contributed by atoms with Crippen LogP contribution in [0, 0.1) is 5.82 Å². The molecule has 1 amide bonds. The molecule has 1 N–H and O–H groups in total. The lowest BCUT2D eigenvalue weighted by molar-refractivity contribution is 0.0956. The molecule has 0 saturated heterocycles. The quantitative estimate of drug-likeness (QED) is 0.787. The highest BCUT2D eigenvalue weighted by Crippen LogP contribution is 2.15. The molecule has 3 nitrogen and oxygen atoms in total. The van der Waals surface area contributed by atoms with Crippen LogP contribution in [0.2, 0.25) is 0 Å². The molecular weight excluding hydrogens is 311 g/mol. The van der Waals surface area contributed by atoms with Crippen LogP contribution in [0.25, 0.3) is 0 Å². The number of thioether (sulfide) groups is 1. The SMILES string of the molecule is CN(C)c1ccc(C(=O)NCCSCc2ccccc2F)cc1. The largest absolute Gasteiger partial charge is 0.378 e. The first-order valence-electron chi connectivity index (χ1n) is 7.44. The van der Waals surface area contributed by atoms with E-state index < -0.39 is 0 Å². The van der Waals surface area contributed by atoms with Gasteiger partial charge in [-0.25, -0.2) is 4.39 Å². The molecule has 0 aliphatic heterocycles. The molecule has 0 aliphatic rings. The molecule has 0 radical (unpaired) electrons. The predicted molar refractivity (Wildman–Crippen MR) is 95.7 cm³/mol. The van der Waals surface area contributed by atoms with Gasteiger partial charge in [-0.2, -0.15) is 11.8 Å². The monoisotopic (exact) mass is 332 g/mol.